The number of aryl methyl sites for hydroxylation is 1. The van der Waals surface area contributed by atoms with Gasteiger partial charge in [0.1, 0.15) is 11.9 Å². The van der Waals surface area contributed by atoms with Gasteiger partial charge in [0.05, 0.1) is 19.3 Å². The van der Waals surface area contributed by atoms with E-state index >= 15 is 0 Å². The number of urea groups is 1. The highest BCUT2D eigenvalue weighted by Crippen LogP contribution is 2.50. The Kier molecular flexibility index (Phi) is 3.46. The number of amides is 2. The van der Waals surface area contributed by atoms with Crippen LogP contribution < -0.4 is 10.1 Å². The first-order chi connectivity index (χ1) is 11.2. The molecule has 3 heterocycles. The number of nitrogens with one attached hydrogen (secondary N) is 1. The van der Waals surface area contributed by atoms with E-state index < -0.39 is 5.72 Å². The van der Waals surface area contributed by atoms with E-state index in [1.165, 1.54) is 0 Å². The average Bonchev–Trinajstić information content (AvgIpc) is 2.96. The fourth-order valence-corrected chi connectivity index (χ4v) is 3.90. The van der Waals surface area contributed by atoms with Crippen LogP contribution in [-0.2, 0) is 9.47 Å². The summed E-state index contributed by atoms with van der Waals surface area (Å²) in [5.74, 6) is 0.837. The van der Waals surface area contributed by atoms with Crippen LogP contribution in [0.1, 0.15) is 30.5 Å². The number of carbonyl (C=O) groups is 1. The topological polar surface area (TPSA) is 60.0 Å². The first-order valence-electron chi connectivity index (χ1n) is 8.23. The van der Waals surface area contributed by atoms with Crippen molar-refractivity contribution in [3.8, 4) is 5.75 Å². The lowest BCUT2D eigenvalue weighted by Gasteiger charge is -2.53. The van der Waals surface area contributed by atoms with Gasteiger partial charge in [0, 0.05) is 25.1 Å². The molecule has 1 aromatic rings. The Balaban J connectivity index is 1.73. The van der Waals surface area contributed by atoms with Gasteiger partial charge in [0.2, 0.25) is 5.72 Å². The van der Waals surface area contributed by atoms with E-state index in [0.29, 0.717) is 32.8 Å². The van der Waals surface area contributed by atoms with Crippen molar-refractivity contribution in [1.82, 2.24) is 10.2 Å². The van der Waals surface area contributed by atoms with Gasteiger partial charge >= 0.3 is 6.03 Å². The summed E-state index contributed by atoms with van der Waals surface area (Å²) in [4.78, 5) is 14.4. The zero-order valence-corrected chi connectivity index (χ0v) is 13.5. The zero-order valence-electron chi connectivity index (χ0n) is 13.5. The van der Waals surface area contributed by atoms with E-state index in [-0.39, 0.29) is 18.2 Å². The summed E-state index contributed by atoms with van der Waals surface area (Å²) in [7, 11) is 0. The smallest absolute Gasteiger partial charge is 0.321 e. The SMILES string of the molecule is CCOCCN1C(=O)NC2c3cc(C)ccc3OC13CCOC23. The van der Waals surface area contributed by atoms with E-state index in [0.717, 1.165) is 16.9 Å². The van der Waals surface area contributed by atoms with Gasteiger partial charge in [-0.2, -0.15) is 0 Å². The number of rotatable bonds is 4. The lowest BCUT2D eigenvalue weighted by Crippen LogP contribution is -2.72. The molecule has 23 heavy (non-hydrogen) atoms. The molecule has 3 atom stereocenters. The molecule has 2 fully saturated rings. The number of benzene rings is 1. The van der Waals surface area contributed by atoms with Crippen LogP contribution in [0.15, 0.2) is 18.2 Å². The summed E-state index contributed by atoms with van der Waals surface area (Å²) < 4.78 is 17.8. The molecule has 3 unspecified atom stereocenters. The number of ether oxygens (including phenoxy) is 3. The van der Waals surface area contributed by atoms with Gasteiger partial charge in [-0.3, -0.25) is 4.90 Å². The number of nitrogens with zero attached hydrogens (tertiary/aromatic N) is 1. The van der Waals surface area contributed by atoms with Crippen molar-refractivity contribution in [2.24, 2.45) is 0 Å². The number of carbonyl (C=O) groups excluding carboxylic acids is 1. The second-order valence-corrected chi connectivity index (χ2v) is 6.31. The molecule has 0 aromatic heterocycles. The third-order valence-corrected chi connectivity index (χ3v) is 4.94. The van der Waals surface area contributed by atoms with E-state index in [1.807, 2.05) is 26.0 Å². The Bertz CT molecular complexity index is 635. The molecule has 3 aliphatic heterocycles. The molecule has 3 aliphatic rings. The number of hydrogen-bond acceptors (Lipinski definition) is 4. The molecule has 2 saturated heterocycles. The summed E-state index contributed by atoms with van der Waals surface area (Å²) in [5.41, 5.74) is 1.43. The highest BCUT2D eigenvalue weighted by molar-refractivity contribution is 5.78. The second kappa shape index (κ2) is 5.39. The fourth-order valence-electron chi connectivity index (χ4n) is 3.90. The van der Waals surface area contributed by atoms with Crippen molar-refractivity contribution < 1.29 is 19.0 Å². The van der Waals surface area contributed by atoms with Crippen LogP contribution in [0.3, 0.4) is 0 Å². The summed E-state index contributed by atoms with van der Waals surface area (Å²) >= 11 is 0. The Morgan fingerprint density at radius 3 is 3.17 bits per heavy atom. The predicted molar refractivity (Wildman–Crippen MR) is 83.4 cm³/mol. The predicted octanol–water partition coefficient (Wildman–Crippen LogP) is 1.98. The molecule has 0 spiro atoms. The Hall–Kier alpha value is -1.79. The van der Waals surface area contributed by atoms with E-state index in [2.05, 4.69) is 11.4 Å². The van der Waals surface area contributed by atoms with Crippen LogP contribution in [0.2, 0.25) is 0 Å². The highest BCUT2D eigenvalue weighted by Gasteiger charge is 2.62. The summed E-state index contributed by atoms with van der Waals surface area (Å²) in [6, 6.07) is 5.84. The van der Waals surface area contributed by atoms with Crippen LogP contribution in [0.4, 0.5) is 4.79 Å². The minimum atomic E-state index is -0.716. The molecule has 0 aliphatic carbocycles. The third-order valence-electron chi connectivity index (χ3n) is 4.94. The van der Waals surface area contributed by atoms with Crippen LogP contribution in [0.5, 0.6) is 5.75 Å². The largest absolute Gasteiger partial charge is 0.464 e. The van der Waals surface area contributed by atoms with Gasteiger partial charge in [-0.25, -0.2) is 4.79 Å². The Morgan fingerprint density at radius 1 is 1.48 bits per heavy atom. The van der Waals surface area contributed by atoms with E-state index in [9.17, 15) is 4.79 Å². The molecule has 2 bridgehead atoms. The van der Waals surface area contributed by atoms with Crippen molar-refractivity contribution >= 4 is 6.03 Å². The minimum Gasteiger partial charge on any atom is -0.464 e. The molecule has 1 aromatic carbocycles. The third kappa shape index (κ3) is 2.12. The number of fused-ring (bicyclic) bond motifs is 2. The maximum Gasteiger partial charge on any atom is 0.321 e. The minimum absolute atomic E-state index is 0.108. The van der Waals surface area contributed by atoms with Gasteiger partial charge in [0.15, 0.2) is 0 Å². The van der Waals surface area contributed by atoms with Crippen molar-refractivity contribution in [2.75, 3.05) is 26.4 Å². The van der Waals surface area contributed by atoms with Crippen LogP contribution in [-0.4, -0.2) is 49.1 Å². The first-order valence-corrected chi connectivity index (χ1v) is 8.23. The maximum atomic E-state index is 12.7. The van der Waals surface area contributed by atoms with Crippen LogP contribution in [0.25, 0.3) is 0 Å². The Labute approximate surface area is 135 Å². The van der Waals surface area contributed by atoms with E-state index in [1.54, 1.807) is 4.90 Å². The highest BCUT2D eigenvalue weighted by atomic mass is 16.6. The normalized spacial score (nSPS) is 31.2. The number of hydrogen-bond donors (Lipinski definition) is 1. The van der Waals surface area contributed by atoms with Crippen LogP contribution in [0, 0.1) is 6.92 Å². The Morgan fingerprint density at radius 2 is 2.35 bits per heavy atom. The molecule has 124 valence electrons. The van der Waals surface area contributed by atoms with Gasteiger partial charge in [-0.1, -0.05) is 17.7 Å². The standard InChI is InChI=1S/C17H22N2O4/c1-3-21-9-7-19-16(20)18-14-12-10-11(2)4-5-13(12)23-17(19)6-8-22-15(14)17/h4-5,10,14-15H,3,6-9H2,1-2H3,(H,18,20). The molecule has 2 amide bonds. The van der Waals surface area contributed by atoms with E-state index in [4.69, 9.17) is 14.2 Å². The molecule has 4 rings (SSSR count). The summed E-state index contributed by atoms with van der Waals surface area (Å²) in [6.07, 6.45) is 0.497. The van der Waals surface area contributed by atoms with Crippen molar-refractivity contribution in [3.63, 3.8) is 0 Å². The van der Waals surface area contributed by atoms with Gasteiger partial charge in [-0.15, -0.1) is 0 Å². The molecular weight excluding hydrogens is 296 g/mol. The van der Waals surface area contributed by atoms with Crippen molar-refractivity contribution in [3.05, 3.63) is 29.3 Å². The monoisotopic (exact) mass is 318 g/mol. The second-order valence-electron chi connectivity index (χ2n) is 6.31. The molecule has 6 nitrogen and oxygen atoms in total. The lowest BCUT2D eigenvalue weighted by molar-refractivity contribution is -0.149. The fraction of sp³-hybridized carbons (Fsp3) is 0.588. The first kappa shape index (κ1) is 14.8. The molecule has 1 N–H and O–H groups in total. The molecule has 0 saturated carbocycles. The molecule has 6 heteroatoms. The van der Waals surface area contributed by atoms with Crippen LogP contribution >= 0.6 is 0 Å². The summed E-state index contributed by atoms with van der Waals surface area (Å²) in [5, 5.41) is 3.10. The maximum absolute atomic E-state index is 12.7. The molecule has 0 radical (unpaired) electrons. The molecular formula is C17H22N2O4. The van der Waals surface area contributed by atoms with Crippen molar-refractivity contribution in [2.45, 2.75) is 38.1 Å². The van der Waals surface area contributed by atoms with Gasteiger partial charge < -0.3 is 19.5 Å². The zero-order chi connectivity index (χ0) is 16.0. The lowest BCUT2D eigenvalue weighted by atomic mass is 9.86. The summed E-state index contributed by atoms with van der Waals surface area (Å²) in [6.45, 7) is 6.20. The van der Waals surface area contributed by atoms with Gasteiger partial charge in [0.25, 0.3) is 0 Å². The van der Waals surface area contributed by atoms with Crippen molar-refractivity contribution in [1.29, 1.82) is 0 Å². The average molecular weight is 318 g/mol. The quantitative estimate of drug-likeness (QED) is 0.862. The van der Waals surface area contributed by atoms with Gasteiger partial charge in [-0.05, 0) is 19.9 Å².